The molecule has 0 N–H and O–H groups in total. The van der Waals surface area contributed by atoms with E-state index in [1.807, 2.05) is 18.2 Å². The van der Waals surface area contributed by atoms with E-state index >= 15 is 0 Å². The molecule has 0 bridgehead atoms. The number of amides is 1. The Morgan fingerprint density at radius 1 is 0.912 bits per heavy atom. The van der Waals surface area contributed by atoms with Crippen LogP contribution in [-0.2, 0) is 10.0 Å². The summed E-state index contributed by atoms with van der Waals surface area (Å²) in [5.41, 5.74) is 2.54. The van der Waals surface area contributed by atoms with Crippen molar-refractivity contribution < 1.29 is 13.2 Å². The highest BCUT2D eigenvalue weighted by Crippen LogP contribution is 2.23. The lowest BCUT2D eigenvalue weighted by Gasteiger charge is -2.24. The highest BCUT2D eigenvalue weighted by Gasteiger charge is 2.25. The molecule has 8 heteroatoms. The first-order valence-corrected chi connectivity index (χ1v) is 12.5. The van der Waals surface area contributed by atoms with Gasteiger partial charge in [-0.2, -0.15) is 5.26 Å². The third-order valence-corrected chi connectivity index (χ3v) is 7.79. The van der Waals surface area contributed by atoms with Gasteiger partial charge in [-0.3, -0.25) is 9.10 Å². The molecular formula is C26H26N4O3S. The van der Waals surface area contributed by atoms with Crippen molar-refractivity contribution in [2.75, 3.05) is 42.4 Å². The highest BCUT2D eigenvalue weighted by atomic mass is 32.2. The zero-order valence-corrected chi connectivity index (χ0v) is 19.8. The first-order valence-electron chi connectivity index (χ1n) is 11.1. The van der Waals surface area contributed by atoms with Gasteiger partial charge in [-0.25, -0.2) is 8.42 Å². The molecule has 0 aliphatic carbocycles. The number of anilines is 2. The highest BCUT2D eigenvalue weighted by molar-refractivity contribution is 7.92. The van der Waals surface area contributed by atoms with Gasteiger partial charge in [-0.05, 0) is 61.0 Å². The van der Waals surface area contributed by atoms with E-state index in [4.69, 9.17) is 5.26 Å². The van der Waals surface area contributed by atoms with Crippen molar-refractivity contribution in [1.82, 2.24) is 4.90 Å². The summed E-state index contributed by atoms with van der Waals surface area (Å²) in [5, 5.41) is 9.00. The van der Waals surface area contributed by atoms with Crippen LogP contribution in [0.25, 0.3) is 0 Å². The molecule has 1 fully saturated rings. The fraction of sp³-hybridized carbons (Fsp3) is 0.231. The number of para-hydroxylation sites is 1. The predicted octanol–water partition coefficient (Wildman–Crippen LogP) is 3.74. The van der Waals surface area contributed by atoms with E-state index in [1.54, 1.807) is 53.4 Å². The first-order chi connectivity index (χ1) is 16.4. The lowest BCUT2D eigenvalue weighted by atomic mass is 10.2. The number of hydrogen-bond acceptors (Lipinski definition) is 5. The maximum Gasteiger partial charge on any atom is 0.264 e. The van der Waals surface area contributed by atoms with Crippen molar-refractivity contribution >= 4 is 27.3 Å². The summed E-state index contributed by atoms with van der Waals surface area (Å²) in [7, 11) is -2.30. The van der Waals surface area contributed by atoms with Crippen molar-refractivity contribution in [3.8, 4) is 6.07 Å². The van der Waals surface area contributed by atoms with Crippen LogP contribution in [0.3, 0.4) is 0 Å². The van der Waals surface area contributed by atoms with Crippen LogP contribution in [0, 0.1) is 11.3 Å². The summed E-state index contributed by atoms with van der Waals surface area (Å²) in [6.07, 6.45) is 0.792. The second-order valence-corrected chi connectivity index (χ2v) is 10.1. The van der Waals surface area contributed by atoms with Crippen LogP contribution in [0.2, 0.25) is 0 Å². The molecule has 4 rings (SSSR count). The first kappa shape index (κ1) is 23.3. The van der Waals surface area contributed by atoms with Gasteiger partial charge >= 0.3 is 0 Å². The van der Waals surface area contributed by atoms with Gasteiger partial charge in [0, 0.05) is 44.5 Å². The molecule has 174 valence electrons. The molecule has 0 spiro atoms. The Morgan fingerprint density at radius 3 is 2.35 bits per heavy atom. The number of carbonyl (C=O) groups is 1. The van der Waals surface area contributed by atoms with E-state index in [0.717, 1.165) is 18.7 Å². The fourth-order valence-corrected chi connectivity index (χ4v) is 5.27. The number of hydrogen-bond donors (Lipinski definition) is 0. The molecule has 0 radical (unpaired) electrons. The summed E-state index contributed by atoms with van der Waals surface area (Å²) in [4.78, 5) is 17.3. The van der Waals surface area contributed by atoms with Gasteiger partial charge in [0.1, 0.15) is 0 Å². The Morgan fingerprint density at radius 2 is 1.65 bits per heavy atom. The van der Waals surface area contributed by atoms with Crippen molar-refractivity contribution in [3.63, 3.8) is 0 Å². The number of rotatable bonds is 5. The summed E-state index contributed by atoms with van der Waals surface area (Å²) >= 11 is 0. The molecule has 1 amide bonds. The Labute approximate surface area is 200 Å². The molecule has 1 aliphatic rings. The monoisotopic (exact) mass is 474 g/mol. The van der Waals surface area contributed by atoms with E-state index in [1.165, 1.54) is 23.5 Å². The largest absolute Gasteiger partial charge is 0.370 e. The molecule has 3 aromatic carbocycles. The summed E-state index contributed by atoms with van der Waals surface area (Å²) in [6.45, 7) is 2.57. The van der Waals surface area contributed by atoms with Gasteiger partial charge in [-0.15, -0.1) is 0 Å². The average molecular weight is 475 g/mol. The van der Waals surface area contributed by atoms with Crippen molar-refractivity contribution in [2.45, 2.75) is 11.3 Å². The van der Waals surface area contributed by atoms with Crippen LogP contribution < -0.4 is 9.21 Å². The van der Waals surface area contributed by atoms with Crippen LogP contribution in [0.1, 0.15) is 22.3 Å². The fourth-order valence-electron chi connectivity index (χ4n) is 4.03. The summed E-state index contributed by atoms with van der Waals surface area (Å²) < 4.78 is 27.5. The normalized spacial score (nSPS) is 14.2. The number of benzene rings is 3. The van der Waals surface area contributed by atoms with E-state index < -0.39 is 10.0 Å². The summed E-state index contributed by atoms with van der Waals surface area (Å²) in [6, 6.07) is 24.6. The molecule has 0 saturated carbocycles. The van der Waals surface area contributed by atoms with Crippen LogP contribution >= 0.6 is 0 Å². The van der Waals surface area contributed by atoms with Crippen LogP contribution in [-0.4, -0.2) is 52.5 Å². The topological polar surface area (TPSA) is 84.7 Å². The molecule has 1 aliphatic heterocycles. The maximum atomic E-state index is 13.3. The van der Waals surface area contributed by atoms with Gasteiger partial charge in [0.15, 0.2) is 0 Å². The van der Waals surface area contributed by atoms with Gasteiger partial charge in [-0.1, -0.05) is 24.3 Å². The number of sulfonamides is 1. The lowest BCUT2D eigenvalue weighted by Crippen LogP contribution is -2.35. The molecule has 0 aromatic heterocycles. The molecule has 1 saturated heterocycles. The lowest BCUT2D eigenvalue weighted by molar-refractivity contribution is 0.0766. The zero-order chi connectivity index (χ0) is 24.1. The SMILES string of the molecule is CN(c1ccccc1)S(=O)(=O)c1cccc(C(=O)N2CCCN(c3ccc(C#N)cc3)CC2)c1. The minimum atomic E-state index is -3.81. The molecule has 7 nitrogen and oxygen atoms in total. The summed E-state index contributed by atoms with van der Waals surface area (Å²) in [5.74, 6) is -0.180. The van der Waals surface area contributed by atoms with E-state index in [2.05, 4.69) is 11.0 Å². The maximum absolute atomic E-state index is 13.3. The molecule has 0 unspecified atom stereocenters. The predicted molar refractivity (Wildman–Crippen MR) is 132 cm³/mol. The molecule has 1 heterocycles. The minimum absolute atomic E-state index is 0.0822. The van der Waals surface area contributed by atoms with E-state index in [0.29, 0.717) is 36.4 Å². The van der Waals surface area contributed by atoms with E-state index in [9.17, 15) is 13.2 Å². The Kier molecular flexibility index (Phi) is 6.85. The third-order valence-electron chi connectivity index (χ3n) is 6.00. The standard InChI is InChI=1S/C26H26N4O3S/c1-28(23-8-3-2-4-9-23)34(32,33)25-10-5-7-22(19-25)26(31)30-16-6-15-29(17-18-30)24-13-11-21(20-27)12-14-24/h2-5,7-14,19H,6,15-18H2,1H3. The van der Waals surface area contributed by atoms with Gasteiger partial charge in [0.25, 0.3) is 15.9 Å². The molecule has 3 aromatic rings. The Balaban J connectivity index is 1.49. The second kappa shape index (κ2) is 9.98. The van der Waals surface area contributed by atoms with Gasteiger partial charge in [0.2, 0.25) is 0 Å². The second-order valence-electron chi connectivity index (χ2n) is 8.13. The Bertz CT molecular complexity index is 1300. The molecule has 34 heavy (non-hydrogen) atoms. The van der Waals surface area contributed by atoms with Crippen molar-refractivity contribution in [2.24, 2.45) is 0 Å². The van der Waals surface area contributed by atoms with Gasteiger partial charge < -0.3 is 9.80 Å². The Hall–Kier alpha value is -3.83. The van der Waals surface area contributed by atoms with Crippen LogP contribution in [0.5, 0.6) is 0 Å². The van der Waals surface area contributed by atoms with Gasteiger partial charge in [0.05, 0.1) is 22.2 Å². The average Bonchev–Trinajstić information content (AvgIpc) is 3.15. The molecular weight excluding hydrogens is 448 g/mol. The number of nitrogens with zero attached hydrogens (tertiary/aromatic N) is 4. The zero-order valence-electron chi connectivity index (χ0n) is 19.0. The van der Waals surface area contributed by atoms with Crippen LogP contribution in [0.15, 0.2) is 83.8 Å². The van der Waals surface area contributed by atoms with Crippen LogP contribution in [0.4, 0.5) is 11.4 Å². The number of nitriles is 1. The van der Waals surface area contributed by atoms with E-state index in [-0.39, 0.29) is 10.8 Å². The third kappa shape index (κ3) is 4.90. The molecule has 0 atom stereocenters. The quantitative estimate of drug-likeness (QED) is 0.563. The number of carbonyl (C=O) groups excluding carboxylic acids is 1. The smallest absolute Gasteiger partial charge is 0.264 e. The minimum Gasteiger partial charge on any atom is -0.370 e. The van der Waals surface area contributed by atoms with Crippen molar-refractivity contribution in [3.05, 3.63) is 90.0 Å². The van der Waals surface area contributed by atoms with Crippen molar-refractivity contribution in [1.29, 1.82) is 5.26 Å².